The number of aliphatic carboxylic acids is 1. The fourth-order valence-corrected chi connectivity index (χ4v) is 7.76. The molecular weight excluding hydrogens is 692 g/mol. The highest BCUT2D eigenvalue weighted by Crippen LogP contribution is 2.44. The molecule has 17 heteroatoms. The molecule has 1 fully saturated rings. The van der Waals surface area contributed by atoms with Gasteiger partial charge in [0.05, 0.1) is 44.4 Å². The quantitative estimate of drug-likeness (QED) is 0.240. The van der Waals surface area contributed by atoms with E-state index in [4.69, 9.17) is 23.2 Å². The fraction of sp³-hybridized carbons (Fsp3) is 0.310. The Bertz CT molecular complexity index is 1740. The summed E-state index contributed by atoms with van der Waals surface area (Å²) in [5, 5.41) is 10.8. The molecule has 3 aromatic rings. The van der Waals surface area contributed by atoms with Gasteiger partial charge in [0, 0.05) is 7.05 Å². The number of alkyl halides is 6. The van der Waals surface area contributed by atoms with E-state index in [1.807, 2.05) is 0 Å². The molecule has 1 aliphatic carbocycles. The minimum atomic E-state index is -4.83. The molecule has 0 spiro atoms. The van der Waals surface area contributed by atoms with Crippen molar-refractivity contribution in [2.75, 3.05) is 16.7 Å². The van der Waals surface area contributed by atoms with E-state index in [1.54, 1.807) is 0 Å². The Morgan fingerprint density at radius 3 is 1.96 bits per heavy atom. The summed E-state index contributed by atoms with van der Waals surface area (Å²) in [6.45, 7) is 0. The van der Waals surface area contributed by atoms with E-state index in [9.17, 15) is 53.8 Å². The number of anilines is 2. The molecule has 3 atom stereocenters. The summed E-state index contributed by atoms with van der Waals surface area (Å²) in [7, 11) is -3.47. The van der Waals surface area contributed by atoms with Gasteiger partial charge in [0.1, 0.15) is 10.7 Å². The Morgan fingerprint density at radius 2 is 1.46 bits per heavy atom. The van der Waals surface area contributed by atoms with Gasteiger partial charge in [0.15, 0.2) is 0 Å². The van der Waals surface area contributed by atoms with Crippen LogP contribution in [0.25, 0.3) is 0 Å². The van der Waals surface area contributed by atoms with Crippen LogP contribution in [-0.2, 0) is 32.0 Å². The van der Waals surface area contributed by atoms with Crippen LogP contribution in [0.5, 0.6) is 0 Å². The van der Waals surface area contributed by atoms with Crippen LogP contribution in [0.2, 0.25) is 10.0 Å². The molecule has 0 bridgehead atoms. The third kappa shape index (κ3) is 7.20. The Morgan fingerprint density at radius 1 is 0.891 bits per heavy atom. The molecule has 0 aromatic heterocycles. The van der Waals surface area contributed by atoms with Gasteiger partial charge in [0.25, 0.3) is 10.0 Å². The maximum absolute atomic E-state index is 14.4. The van der Waals surface area contributed by atoms with E-state index in [-0.39, 0.29) is 18.2 Å². The molecule has 0 saturated heterocycles. The Kier molecular flexibility index (Phi) is 9.91. The van der Waals surface area contributed by atoms with Crippen LogP contribution in [0, 0.1) is 17.7 Å². The molecule has 2 N–H and O–H groups in total. The fourth-order valence-electron chi connectivity index (χ4n) is 5.40. The van der Waals surface area contributed by atoms with E-state index >= 15 is 0 Å². The van der Waals surface area contributed by atoms with Crippen molar-refractivity contribution < 1.29 is 53.8 Å². The van der Waals surface area contributed by atoms with Crippen molar-refractivity contribution in [3.8, 4) is 0 Å². The highest BCUT2D eigenvalue weighted by molar-refractivity contribution is 7.93. The number of rotatable bonds is 7. The summed E-state index contributed by atoms with van der Waals surface area (Å²) < 4.78 is 120. The van der Waals surface area contributed by atoms with E-state index in [0.717, 1.165) is 17.4 Å². The summed E-state index contributed by atoms with van der Waals surface area (Å²) in [6, 6.07) is 7.89. The standard InChI is InChI=1S/C29H23Cl2F7N2O5S/c1-40(46(44,45)25-20(30)11-16(12-21(25)31)29(36,37)38)17-8-5-14(6-9-17)18-3-2-4-19(24(18)27(42)43)26(41)39-23-10-7-15(13-22(23)32)28(33,34)35/h5-13,18-19,24H,2-4H2,1H3,(H,39,41)(H,42,43)/t18-,19-,24-/m1/s1. The summed E-state index contributed by atoms with van der Waals surface area (Å²) in [4.78, 5) is 24.7. The van der Waals surface area contributed by atoms with Crippen molar-refractivity contribution >= 4 is 56.5 Å². The van der Waals surface area contributed by atoms with Crippen molar-refractivity contribution in [1.29, 1.82) is 0 Å². The first kappa shape index (κ1) is 35.3. The van der Waals surface area contributed by atoms with Gasteiger partial charge >= 0.3 is 18.3 Å². The number of carboxylic acid groups (broad SMARTS) is 1. The first-order valence-corrected chi connectivity index (χ1v) is 15.5. The molecular formula is C29H23Cl2F7N2O5S. The van der Waals surface area contributed by atoms with E-state index in [1.165, 1.54) is 24.3 Å². The van der Waals surface area contributed by atoms with Crippen LogP contribution >= 0.6 is 23.2 Å². The predicted molar refractivity (Wildman–Crippen MR) is 155 cm³/mol. The van der Waals surface area contributed by atoms with Crippen LogP contribution in [-0.4, -0.2) is 32.4 Å². The zero-order valence-corrected chi connectivity index (χ0v) is 25.7. The molecule has 0 heterocycles. The van der Waals surface area contributed by atoms with Crippen molar-refractivity contribution in [2.24, 2.45) is 11.8 Å². The van der Waals surface area contributed by atoms with Crippen molar-refractivity contribution in [3.05, 3.63) is 87.2 Å². The van der Waals surface area contributed by atoms with Crippen molar-refractivity contribution in [3.63, 3.8) is 0 Å². The number of nitrogens with one attached hydrogen (secondary N) is 1. The molecule has 4 rings (SSSR count). The topological polar surface area (TPSA) is 104 Å². The lowest BCUT2D eigenvalue weighted by molar-refractivity contribution is -0.148. The largest absolute Gasteiger partial charge is 0.481 e. The van der Waals surface area contributed by atoms with E-state index < -0.39 is 89.6 Å². The van der Waals surface area contributed by atoms with Crippen molar-refractivity contribution in [2.45, 2.75) is 42.4 Å². The Balaban J connectivity index is 1.57. The Labute approximate surface area is 268 Å². The minimum absolute atomic E-state index is 0.0190. The molecule has 1 aliphatic rings. The molecule has 1 saturated carbocycles. The molecule has 0 radical (unpaired) electrons. The average molecular weight is 715 g/mol. The van der Waals surface area contributed by atoms with E-state index in [2.05, 4.69) is 5.32 Å². The van der Waals surface area contributed by atoms with Crippen molar-refractivity contribution in [1.82, 2.24) is 0 Å². The van der Waals surface area contributed by atoms with Crippen LogP contribution in [0.1, 0.15) is 41.9 Å². The normalized spacial score (nSPS) is 19.0. The van der Waals surface area contributed by atoms with Gasteiger partial charge in [-0.3, -0.25) is 13.9 Å². The van der Waals surface area contributed by atoms with Gasteiger partial charge in [-0.15, -0.1) is 0 Å². The van der Waals surface area contributed by atoms with Crippen LogP contribution in [0.15, 0.2) is 59.5 Å². The smallest absolute Gasteiger partial charge is 0.416 e. The van der Waals surface area contributed by atoms with Crippen LogP contribution in [0.4, 0.5) is 42.1 Å². The Hall–Kier alpha value is -3.56. The monoisotopic (exact) mass is 714 g/mol. The number of hydrogen-bond donors (Lipinski definition) is 2. The first-order valence-electron chi connectivity index (χ1n) is 13.3. The third-order valence-electron chi connectivity index (χ3n) is 7.70. The molecule has 1 amide bonds. The van der Waals surface area contributed by atoms with Crippen LogP contribution < -0.4 is 9.62 Å². The maximum Gasteiger partial charge on any atom is 0.416 e. The number of carbonyl (C=O) groups excluding carboxylic acids is 1. The third-order valence-corrected chi connectivity index (χ3v) is 10.4. The van der Waals surface area contributed by atoms with Gasteiger partial charge in [-0.25, -0.2) is 12.8 Å². The number of nitrogens with zero attached hydrogens (tertiary/aromatic N) is 1. The zero-order valence-electron chi connectivity index (χ0n) is 23.4. The lowest BCUT2D eigenvalue weighted by Crippen LogP contribution is -2.40. The van der Waals surface area contributed by atoms with Gasteiger partial charge in [-0.05, 0) is 66.8 Å². The second kappa shape index (κ2) is 12.9. The van der Waals surface area contributed by atoms with Gasteiger partial charge in [-0.2, -0.15) is 26.3 Å². The van der Waals surface area contributed by atoms with Gasteiger partial charge in [-0.1, -0.05) is 41.8 Å². The number of amides is 1. The highest BCUT2D eigenvalue weighted by atomic mass is 35.5. The minimum Gasteiger partial charge on any atom is -0.481 e. The first-order chi connectivity index (χ1) is 21.2. The van der Waals surface area contributed by atoms with Gasteiger partial charge < -0.3 is 10.4 Å². The SMILES string of the molecule is CN(c1ccc([C@H]2CCC[C@@H](C(=O)Nc3ccc(C(F)(F)F)cc3F)[C@@H]2C(=O)O)cc1)S(=O)(=O)c1c(Cl)cc(C(F)(F)F)cc1Cl. The molecule has 7 nitrogen and oxygen atoms in total. The molecule has 248 valence electrons. The summed E-state index contributed by atoms with van der Waals surface area (Å²) in [6.07, 6.45) is -8.88. The summed E-state index contributed by atoms with van der Waals surface area (Å²) in [5.41, 5.74) is -2.63. The van der Waals surface area contributed by atoms with Crippen LogP contribution in [0.3, 0.4) is 0 Å². The second-order valence-electron chi connectivity index (χ2n) is 10.5. The zero-order chi connectivity index (χ0) is 34.4. The second-order valence-corrected chi connectivity index (χ2v) is 13.2. The number of carbonyl (C=O) groups is 2. The van der Waals surface area contributed by atoms with E-state index in [0.29, 0.717) is 36.6 Å². The highest BCUT2D eigenvalue weighted by Gasteiger charge is 2.43. The number of sulfonamides is 1. The lowest BCUT2D eigenvalue weighted by Gasteiger charge is -2.35. The summed E-state index contributed by atoms with van der Waals surface area (Å²) in [5.74, 6) is -6.89. The average Bonchev–Trinajstić information content (AvgIpc) is 2.95. The lowest BCUT2D eigenvalue weighted by atomic mass is 9.69. The molecule has 3 aromatic carbocycles. The number of carboxylic acids is 1. The molecule has 46 heavy (non-hydrogen) atoms. The summed E-state index contributed by atoms with van der Waals surface area (Å²) >= 11 is 11.8. The number of halogens is 9. The maximum atomic E-state index is 14.4. The number of hydrogen-bond acceptors (Lipinski definition) is 4. The number of benzene rings is 3. The molecule has 0 unspecified atom stereocenters. The molecule has 0 aliphatic heterocycles. The van der Waals surface area contributed by atoms with Gasteiger partial charge in [0.2, 0.25) is 5.91 Å². The predicted octanol–water partition coefficient (Wildman–Crippen LogP) is 8.22.